The second-order valence-electron chi connectivity index (χ2n) is 9.84. The van der Waals surface area contributed by atoms with E-state index in [0.29, 0.717) is 6.61 Å². The van der Waals surface area contributed by atoms with Crippen LogP contribution < -0.4 is 0 Å². The van der Waals surface area contributed by atoms with Crippen LogP contribution in [0, 0.1) is 5.92 Å². The first-order chi connectivity index (χ1) is 14.3. The second kappa shape index (κ2) is 9.96. The van der Waals surface area contributed by atoms with Crippen LogP contribution >= 0.6 is 0 Å². The van der Waals surface area contributed by atoms with Crippen LogP contribution in [-0.2, 0) is 23.8 Å². The number of nitrogens with zero attached hydrogens (tertiary/aromatic N) is 2. The quantitative estimate of drug-likeness (QED) is 0.581. The molecular formula is C23H40N2O5. The van der Waals surface area contributed by atoms with Gasteiger partial charge in [0.1, 0.15) is 5.60 Å². The largest absolute Gasteiger partial charge is 0.466 e. The van der Waals surface area contributed by atoms with Crippen LogP contribution in [0.4, 0.5) is 0 Å². The van der Waals surface area contributed by atoms with Crippen LogP contribution in [-0.4, -0.2) is 72.1 Å². The maximum Gasteiger partial charge on any atom is 0.371 e. The zero-order valence-electron chi connectivity index (χ0n) is 19.3. The molecule has 0 atom stereocenters. The van der Waals surface area contributed by atoms with Gasteiger partial charge in [0, 0.05) is 26.2 Å². The molecule has 2 heterocycles. The minimum atomic E-state index is -1.15. The molecule has 2 aliphatic heterocycles. The molecule has 3 fully saturated rings. The zero-order valence-corrected chi connectivity index (χ0v) is 19.3. The summed E-state index contributed by atoms with van der Waals surface area (Å²) >= 11 is 0. The Hall–Kier alpha value is -1.18. The van der Waals surface area contributed by atoms with Crippen molar-refractivity contribution in [1.82, 2.24) is 9.80 Å². The Morgan fingerprint density at radius 1 is 0.867 bits per heavy atom. The minimum absolute atomic E-state index is 0.0562. The molecule has 0 aromatic heterocycles. The molecule has 172 valence electrons. The van der Waals surface area contributed by atoms with Gasteiger partial charge in [-0.3, -0.25) is 14.6 Å². The first-order valence-electron chi connectivity index (χ1n) is 11.8. The van der Waals surface area contributed by atoms with Crippen molar-refractivity contribution in [2.75, 3.05) is 32.8 Å². The number of rotatable bonds is 7. The van der Waals surface area contributed by atoms with E-state index in [-0.39, 0.29) is 24.0 Å². The number of likely N-dealkylation sites (tertiary alicyclic amines) is 2. The Morgan fingerprint density at radius 3 is 1.80 bits per heavy atom. The lowest BCUT2D eigenvalue weighted by Crippen LogP contribution is -2.68. The van der Waals surface area contributed by atoms with Crippen molar-refractivity contribution in [1.29, 1.82) is 0 Å². The summed E-state index contributed by atoms with van der Waals surface area (Å²) in [6.45, 7) is 11.4. The third-order valence-corrected chi connectivity index (χ3v) is 6.36. The molecule has 0 bridgehead atoms. The van der Waals surface area contributed by atoms with Crippen molar-refractivity contribution in [3.05, 3.63) is 0 Å². The highest BCUT2D eigenvalue weighted by Crippen LogP contribution is 2.37. The number of ether oxygens (including phenoxy) is 3. The van der Waals surface area contributed by atoms with Gasteiger partial charge in [-0.15, -0.1) is 0 Å². The predicted octanol–water partition coefficient (Wildman–Crippen LogP) is 3.31. The number of hydrogen-bond donors (Lipinski definition) is 0. The van der Waals surface area contributed by atoms with Gasteiger partial charge in [0.15, 0.2) is 0 Å². The van der Waals surface area contributed by atoms with Crippen molar-refractivity contribution in [3.8, 4) is 0 Å². The molecule has 2 saturated heterocycles. The summed E-state index contributed by atoms with van der Waals surface area (Å²) < 4.78 is 17.9. The van der Waals surface area contributed by atoms with Crippen molar-refractivity contribution in [3.63, 3.8) is 0 Å². The Kier molecular flexibility index (Phi) is 7.80. The van der Waals surface area contributed by atoms with Crippen LogP contribution in [0.5, 0.6) is 0 Å². The minimum Gasteiger partial charge on any atom is -0.466 e. The molecule has 1 saturated carbocycles. The molecule has 0 N–H and O–H groups in total. The monoisotopic (exact) mass is 424 g/mol. The van der Waals surface area contributed by atoms with Gasteiger partial charge in [-0.1, -0.05) is 0 Å². The normalized spacial score (nSPS) is 26.7. The first-order valence-corrected chi connectivity index (χ1v) is 11.8. The van der Waals surface area contributed by atoms with E-state index in [1.165, 1.54) is 0 Å². The van der Waals surface area contributed by atoms with Crippen LogP contribution in [0.3, 0.4) is 0 Å². The van der Waals surface area contributed by atoms with E-state index in [2.05, 4.69) is 9.80 Å². The van der Waals surface area contributed by atoms with Crippen LogP contribution in [0.25, 0.3) is 0 Å². The third kappa shape index (κ3) is 5.35. The molecule has 3 rings (SSSR count). The van der Waals surface area contributed by atoms with E-state index in [1.807, 2.05) is 27.7 Å². The molecule has 0 radical (unpaired) electrons. The molecule has 0 amide bonds. The third-order valence-electron chi connectivity index (χ3n) is 6.36. The lowest BCUT2D eigenvalue weighted by Gasteiger charge is -2.48. The van der Waals surface area contributed by atoms with Gasteiger partial charge >= 0.3 is 11.9 Å². The van der Waals surface area contributed by atoms with E-state index >= 15 is 0 Å². The maximum absolute atomic E-state index is 13.7. The number of esters is 2. The molecule has 0 aromatic carbocycles. The predicted molar refractivity (Wildman–Crippen MR) is 114 cm³/mol. The Bertz CT molecular complexity index is 567. The molecule has 0 spiro atoms. The molecule has 7 nitrogen and oxygen atoms in total. The summed E-state index contributed by atoms with van der Waals surface area (Å²) in [4.78, 5) is 30.2. The van der Waals surface area contributed by atoms with Crippen molar-refractivity contribution in [2.45, 2.75) is 96.6 Å². The fourth-order valence-corrected chi connectivity index (χ4v) is 4.95. The Labute approximate surface area is 181 Å². The smallest absolute Gasteiger partial charge is 0.371 e. The molecule has 30 heavy (non-hydrogen) atoms. The fraction of sp³-hybridized carbons (Fsp3) is 0.913. The van der Waals surface area contributed by atoms with Gasteiger partial charge in [0.25, 0.3) is 5.85 Å². The summed E-state index contributed by atoms with van der Waals surface area (Å²) in [5.74, 6) is -1.60. The van der Waals surface area contributed by atoms with Crippen LogP contribution in [0.2, 0.25) is 0 Å². The summed E-state index contributed by atoms with van der Waals surface area (Å²) in [5.41, 5.74) is -0.577. The summed E-state index contributed by atoms with van der Waals surface area (Å²) in [6, 6.07) is 0. The molecule has 0 unspecified atom stereocenters. The molecule has 1 aliphatic carbocycles. The Morgan fingerprint density at radius 2 is 1.37 bits per heavy atom. The van der Waals surface area contributed by atoms with Crippen molar-refractivity contribution in [2.24, 2.45) is 5.92 Å². The van der Waals surface area contributed by atoms with Gasteiger partial charge < -0.3 is 14.2 Å². The van der Waals surface area contributed by atoms with Gasteiger partial charge in [0.05, 0.1) is 18.6 Å². The number of carbonyl (C=O) groups excluding carboxylic acids is 2. The molecule has 0 aromatic rings. The average molecular weight is 425 g/mol. The standard InChI is InChI=1S/C23H40N2O5/c1-5-28-20(26)18-10-12-19(13-11-18)29-23(24-14-6-7-15-24,25-16-8-9-17-25)21(27)30-22(2,3)4/h18-19H,5-17H2,1-4H3. The fourth-order valence-electron chi connectivity index (χ4n) is 4.95. The number of carbonyl (C=O) groups is 2. The second-order valence-corrected chi connectivity index (χ2v) is 9.84. The highest BCUT2D eigenvalue weighted by molar-refractivity contribution is 5.79. The van der Waals surface area contributed by atoms with E-state index in [9.17, 15) is 9.59 Å². The van der Waals surface area contributed by atoms with Gasteiger partial charge in [-0.25, -0.2) is 4.79 Å². The molecular weight excluding hydrogens is 384 g/mol. The van der Waals surface area contributed by atoms with Gasteiger partial charge in [0.2, 0.25) is 0 Å². The zero-order chi connectivity index (χ0) is 21.8. The van der Waals surface area contributed by atoms with Crippen molar-refractivity contribution >= 4 is 11.9 Å². The molecule has 3 aliphatic rings. The van der Waals surface area contributed by atoms with Gasteiger partial charge in [-0.05, 0) is 79.1 Å². The maximum atomic E-state index is 13.7. The highest BCUT2D eigenvalue weighted by Gasteiger charge is 2.55. The highest BCUT2D eigenvalue weighted by atomic mass is 16.6. The van der Waals surface area contributed by atoms with Gasteiger partial charge in [-0.2, -0.15) is 0 Å². The van der Waals surface area contributed by atoms with E-state index in [1.54, 1.807) is 0 Å². The summed E-state index contributed by atoms with van der Waals surface area (Å²) in [5, 5.41) is 0. The van der Waals surface area contributed by atoms with E-state index in [0.717, 1.165) is 77.5 Å². The van der Waals surface area contributed by atoms with Crippen molar-refractivity contribution < 1.29 is 23.8 Å². The van der Waals surface area contributed by atoms with E-state index < -0.39 is 11.4 Å². The lowest BCUT2D eigenvalue weighted by molar-refractivity contribution is -0.274. The lowest BCUT2D eigenvalue weighted by atomic mass is 9.87. The summed E-state index contributed by atoms with van der Waals surface area (Å²) in [6.07, 6.45) is 7.21. The topological polar surface area (TPSA) is 68.3 Å². The SMILES string of the molecule is CCOC(=O)C1CCC(OC(C(=O)OC(C)(C)C)(N2CCCC2)N2CCCC2)CC1. The molecule has 7 heteroatoms. The average Bonchev–Trinajstić information content (AvgIpc) is 3.40. The van der Waals surface area contributed by atoms with Crippen LogP contribution in [0.15, 0.2) is 0 Å². The number of hydrogen-bond acceptors (Lipinski definition) is 7. The Balaban J connectivity index is 1.80. The van der Waals surface area contributed by atoms with Crippen LogP contribution in [0.1, 0.15) is 79.1 Å². The summed E-state index contributed by atoms with van der Waals surface area (Å²) in [7, 11) is 0. The van der Waals surface area contributed by atoms with E-state index in [4.69, 9.17) is 14.2 Å². The first kappa shape index (κ1) is 23.5.